The molecule has 92 valence electrons. The molecule has 0 radical (unpaired) electrons. The van der Waals surface area contributed by atoms with E-state index in [9.17, 15) is 4.79 Å². The van der Waals surface area contributed by atoms with Gasteiger partial charge in [0.15, 0.2) is 0 Å². The van der Waals surface area contributed by atoms with Gasteiger partial charge in [-0.15, -0.1) is 0 Å². The number of benzene rings is 1. The molecule has 0 fully saturated rings. The molecule has 0 bridgehead atoms. The Morgan fingerprint density at radius 1 is 1.41 bits per heavy atom. The Balaban J connectivity index is 2.09. The van der Waals surface area contributed by atoms with Crippen molar-refractivity contribution in [2.75, 3.05) is 6.61 Å². The Kier molecular flexibility index (Phi) is 3.97. The van der Waals surface area contributed by atoms with Gasteiger partial charge in [0.25, 0.3) is 5.56 Å². The Hall–Kier alpha value is -1.13. The third-order valence-corrected chi connectivity index (χ3v) is 4.04. The van der Waals surface area contributed by atoms with Crippen LogP contribution in [0, 0.1) is 5.92 Å². The first kappa shape index (κ1) is 12.3. The van der Waals surface area contributed by atoms with Crippen LogP contribution >= 0.6 is 11.5 Å². The average Bonchev–Trinajstić information content (AvgIpc) is 2.67. The van der Waals surface area contributed by atoms with Gasteiger partial charge in [-0.1, -0.05) is 30.6 Å². The lowest BCUT2D eigenvalue weighted by atomic mass is 10.1. The van der Waals surface area contributed by atoms with Crippen molar-refractivity contribution in [2.45, 2.75) is 26.3 Å². The second kappa shape index (κ2) is 5.47. The highest BCUT2D eigenvalue weighted by Gasteiger charge is 2.07. The number of hydrogen-bond donors (Lipinski definition) is 1. The lowest BCUT2D eigenvalue weighted by molar-refractivity contribution is 0.227. The fraction of sp³-hybridized carbons (Fsp3) is 0.462. The van der Waals surface area contributed by atoms with Crippen molar-refractivity contribution in [1.29, 1.82) is 0 Å². The van der Waals surface area contributed by atoms with Gasteiger partial charge in [-0.2, -0.15) is 0 Å². The average molecular weight is 251 g/mol. The zero-order valence-corrected chi connectivity index (χ0v) is 10.7. The number of nitrogens with zero attached hydrogens (tertiary/aromatic N) is 1. The summed E-state index contributed by atoms with van der Waals surface area (Å²) < 4.78 is 2.86. The monoisotopic (exact) mass is 251 g/mol. The Labute approximate surface area is 104 Å². The Morgan fingerprint density at radius 3 is 2.88 bits per heavy atom. The van der Waals surface area contributed by atoms with E-state index in [1.54, 1.807) is 0 Å². The molecule has 1 unspecified atom stereocenters. The second-order valence-electron chi connectivity index (χ2n) is 4.42. The van der Waals surface area contributed by atoms with Crippen LogP contribution in [0.15, 0.2) is 29.1 Å². The minimum Gasteiger partial charge on any atom is -0.396 e. The zero-order valence-electron chi connectivity index (χ0n) is 9.93. The van der Waals surface area contributed by atoms with E-state index in [-0.39, 0.29) is 12.2 Å². The normalized spacial score (nSPS) is 13.1. The molecule has 1 aromatic heterocycles. The van der Waals surface area contributed by atoms with Crippen LogP contribution in [0.2, 0.25) is 0 Å². The first-order valence-electron chi connectivity index (χ1n) is 5.92. The molecule has 0 aliphatic rings. The van der Waals surface area contributed by atoms with Gasteiger partial charge in [-0.05, 0) is 30.9 Å². The van der Waals surface area contributed by atoms with E-state index in [2.05, 4.69) is 0 Å². The Morgan fingerprint density at radius 2 is 2.18 bits per heavy atom. The summed E-state index contributed by atoms with van der Waals surface area (Å²) in [5.74, 6) is 0.320. The lowest BCUT2D eigenvalue weighted by Crippen LogP contribution is -2.13. The van der Waals surface area contributed by atoms with Crippen molar-refractivity contribution < 1.29 is 5.11 Å². The minimum atomic E-state index is 0.113. The van der Waals surface area contributed by atoms with Crippen LogP contribution in [0.1, 0.15) is 19.8 Å². The SMILES string of the molecule is CC(CO)CCCn1sc2ccccc2c1=O. The fourth-order valence-electron chi connectivity index (χ4n) is 1.84. The zero-order chi connectivity index (χ0) is 12.3. The summed E-state index contributed by atoms with van der Waals surface area (Å²) >= 11 is 1.52. The predicted molar refractivity (Wildman–Crippen MR) is 71.6 cm³/mol. The Bertz CT molecular complexity index is 544. The summed E-state index contributed by atoms with van der Waals surface area (Å²) in [7, 11) is 0. The van der Waals surface area contributed by atoms with Gasteiger partial charge < -0.3 is 5.11 Å². The van der Waals surface area contributed by atoms with E-state index in [1.165, 1.54) is 11.5 Å². The van der Waals surface area contributed by atoms with Crippen LogP contribution in [0.5, 0.6) is 0 Å². The largest absolute Gasteiger partial charge is 0.396 e. The number of rotatable bonds is 5. The van der Waals surface area contributed by atoms with Gasteiger partial charge in [0.2, 0.25) is 0 Å². The molecule has 0 spiro atoms. The molecule has 0 saturated heterocycles. The summed E-state index contributed by atoms with van der Waals surface area (Å²) in [6.07, 6.45) is 1.89. The highest BCUT2D eigenvalue weighted by Crippen LogP contribution is 2.16. The highest BCUT2D eigenvalue weighted by molar-refractivity contribution is 7.13. The first-order chi connectivity index (χ1) is 8.22. The van der Waals surface area contributed by atoms with E-state index >= 15 is 0 Å². The molecule has 1 aromatic carbocycles. The second-order valence-corrected chi connectivity index (χ2v) is 5.49. The van der Waals surface area contributed by atoms with E-state index in [0.29, 0.717) is 5.92 Å². The fourth-order valence-corrected chi connectivity index (χ4v) is 2.87. The molecular weight excluding hydrogens is 234 g/mol. The maximum Gasteiger partial charge on any atom is 0.268 e. The summed E-state index contributed by atoms with van der Waals surface area (Å²) in [6.45, 7) is 3.00. The van der Waals surface area contributed by atoms with E-state index in [0.717, 1.165) is 29.5 Å². The van der Waals surface area contributed by atoms with E-state index in [4.69, 9.17) is 5.11 Å². The van der Waals surface area contributed by atoms with Gasteiger partial charge >= 0.3 is 0 Å². The molecular formula is C13H17NO2S. The van der Waals surface area contributed by atoms with Crippen molar-refractivity contribution in [3.63, 3.8) is 0 Å². The van der Waals surface area contributed by atoms with Crippen molar-refractivity contribution in [2.24, 2.45) is 5.92 Å². The van der Waals surface area contributed by atoms with Gasteiger partial charge in [0.1, 0.15) is 0 Å². The summed E-state index contributed by atoms with van der Waals surface area (Å²) in [5.41, 5.74) is 0.113. The first-order valence-corrected chi connectivity index (χ1v) is 6.69. The standard InChI is InChI=1S/C13H17NO2S/c1-10(9-15)5-4-8-14-13(16)11-6-2-3-7-12(11)17-14/h2-3,6-7,10,15H,4-5,8-9H2,1H3. The van der Waals surface area contributed by atoms with Crippen LogP contribution < -0.4 is 5.56 Å². The van der Waals surface area contributed by atoms with Crippen molar-refractivity contribution in [3.8, 4) is 0 Å². The maximum atomic E-state index is 12.0. The van der Waals surface area contributed by atoms with Crippen LogP contribution in [0.25, 0.3) is 10.1 Å². The summed E-state index contributed by atoms with van der Waals surface area (Å²) in [4.78, 5) is 12.0. The van der Waals surface area contributed by atoms with Gasteiger partial charge in [0, 0.05) is 13.2 Å². The molecule has 17 heavy (non-hydrogen) atoms. The molecule has 3 nitrogen and oxygen atoms in total. The van der Waals surface area contributed by atoms with Gasteiger partial charge in [0.05, 0.1) is 10.1 Å². The van der Waals surface area contributed by atoms with Crippen LogP contribution in [0.4, 0.5) is 0 Å². The summed E-state index contributed by atoms with van der Waals surface area (Å²) in [5, 5.41) is 9.75. The van der Waals surface area contributed by atoms with Gasteiger partial charge in [-0.3, -0.25) is 8.75 Å². The molecule has 1 atom stereocenters. The van der Waals surface area contributed by atoms with Crippen LogP contribution in [-0.4, -0.2) is 15.7 Å². The van der Waals surface area contributed by atoms with E-state index < -0.39 is 0 Å². The van der Waals surface area contributed by atoms with Crippen molar-refractivity contribution in [3.05, 3.63) is 34.6 Å². The summed E-state index contributed by atoms with van der Waals surface area (Å²) in [6, 6.07) is 7.71. The smallest absolute Gasteiger partial charge is 0.268 e. The third kappa shape index (κ3) is 2.76. The number of aliphatic hydroxyl groups is 1. The molecule has 0 saturated carbocycles. The van der Waals surface area contributed by atoms with E-state index in [1.807, 2.05) is 35.1 Å². The van der Waals surface area contributed by atoms with Crippen molar-refractivity contribution in [1.82, 2.24) is 3.96 Å². The van der Waals surface area contributed by atoms with Crippen LogP contribution in [-0.2, 0) is 6.54 Å². The quantitative estimate of drug-likeness (QED) is 0.887. The predicted octanol–water partition coefficient (Wildman–Crippen LogP) is 2.47. The molecule has 1 heterocycles. The molecule has 4 heteroatoms. The number of hydrogen-bond acceptors (Lipinski definition) is 3. The molecule has 0 amide bonds. The molecule has 0 aliphatic heterocycles. The van der Waals surface area contributed by atoms with Crippen LogP contribution in [0.3, 0.4) is 0 Å². The number of aliphatic hydroxyl groups excluding tert-OH is 1. The highest BCUT2D eigenvalue weighted by atomic mass is 32.1. The molecule has 2 rings (SSSR count). The minimum absolute atomic E-state index is 0.113. The number of aromatic nitrogens is 1. The number of aryl methyl sites for hydroxylation is 1. The van der Waals surface area contributed by atoms with Crippen molar-refractivity contribution >= 4 is 21.6 Å². The maximum absolute atomic E-state index is 12.0. The topological polar surface area (TPSA) is 42.2 Å². The third-order valence-electron chi connectivity index (χ3n) is 2.92. The number of fused-ring (bicyclic) bond motifs is 1. The molecule has 2 aromatic rings. The lowest BCUT2D eigenvalue weighted by Gasteiger charge is -2.06. The van der Waals surface area contributed by atoms with Gasteiger partial charge in [-0.25, -0.2) is 0 Å². The molecule has 1 N–H and O–H groups in total. The molecule has 0 aliphatic carbocycles.